The van der Waals surface area contributed by atoms with Crippen molar-refractivity contribution < 1.29 is 14.6 Å². The zero-order valence-electron chi connectivity index (χ0n) is 11.7. The number of benzene rings is 1. The van der Waals surface area contributed by atoms with Crippen LogP contribution in [0.4, 0.5) is 0 Å². The van der Waals surface area contributed by atoms with Crippen molar-refractivity contribution in [3.63, 3.8) is 0 Å². The Morgan fingerprint density at radius 3 is 2.68 bits per heavy atom. The summed E-state index contributed by atoms with van der Waals surface area (Å²) >= 11 is 0. The Morgan fingerprint density at radius 1 is 1.47 bits per heavy atom. The second-order valence-electron chi connectivity index (χ2n) is 5.36. The molecular weight excluding hydrogens is 242 g/mol. The number of nitrogens with one attached hydrogen (secondary N) is 1. The maximum atomic E-state index is 11.6. The average molecular weight is 263 g/mol. The lowest BCUT2D eigenvalue weighted by Crippen LogP contribution is -2.56. The fourth-order valence-corrected chi connectivity index (χ4v) is 2.37. The van der Waals surface area contributed by atoms with Crippen molar-refractivity contribution >= 4 is 5.97 Å². The Balaban J connectivity index is 2.15. The SMILES string of the molecule is CNC(COc1cc(C)ccc1C)(C(=O)O)C1CC1. The number of ether oxygens (including phenoxy) is 1. The summed E-state index contributed by atoms with van der Waals surface area (Å²) in [4.78, 5) is 11.6. The van der Waals surface area contributed by atoms with Gasteiger partial charge in [-0.3, -0.25) is 4.79 Å². The second kappa shape index (κ2) is 5.21. The molecule has 4 heteroatoms. The van der Waals surface area contributed by atoms with E-state index in [0.717, 1.165) is 29.7 Å². The van der Waals surface area contributed by atoms with E-state index in [1.165, 1.54) is 0 Å². The minimum absolute atomic E-state index is 0.161. The third kappa shape index (κ3) is 2.73. The van der Waals surface area contributed by atoms with Gasteiger partial charge in [0, 0.05) is 0 Å². The molecule has 1 aliphatic rings. The number of aliphatic carboxylic acids is 1. The Kier molecular flexibility index (Phi) is 3.80. The van der Waals surface area contributed by atoms with Gasteiger partial charge in [-0.05, 0) is 56.8 Å². The first-order valence-electron chi connectivity index (χ1n) is 6.62. The smallest absolute Gasteiger partial charge is 0.327 e. The van der Waals surface area contributed by atoms with Crippen molar-refractivity contribution in [2.45, 2.75) is 32.2 Å². The molecule has 1 aromatic rings. The van der Waals surface area contributed by atoms with E-state index < -0.39 is 11.5 Å². The number of carbonyl (C=O) groups is 1. The molecule has 104 valence electrons. The van der Waals surface area contributed by atoms with Crippen LogP contribution in [0, 0.1) is 19.8 Å². The fraction of sp³-hybridized carbons (Fsp3) is 0.533. The molecule has 0 saturated heterocycles. The van der Waals surface area contributed by atoms with Gasteiger partial charge in [0.25, 0.3) is 0 Å². The number of rotatable bonds is 6. The largest absolute Gasteiger partial charge is 0.491 e. The lowest BCUT2D eigenvalue weighted by Gasteiger charge is -2.29. The summed E-state index contributed by atoms with van der Waals surface area (Å²) in [6.45, 7) is 4.12. The van der Waals surface area contributed by atoms with Gasteiger partial charge >= 0.3 is 5.97 Å². The van der Waals surface area contributed by atoms with Crippen molar-refractivity contribution in [1.29, 1.82) is 0 Å². The van der Waals surface area contributed by atoms with E-state index in [1.54, 1.807) is 7.05 Å². The van der Waals surface area contributed by atoms with Crippen LogP contribution in [0.25, 0.3) is 0 Å². The van der Waals surface area contributed by atoms with Gasteiger partial charge in [-0.2, -0.15) is 0 Å². The molecule has 0 aliphatic heterocycles. The van der Waals surface area contributed by atoms with Crippen LogP contribution in [0.3, 0.4) is 0 Å². The van der Waals surface area contributed by atoms with Crippen molar-refractivity contribution in [2.75, 3.05) is 13.7 Å². The normalized spacial score (nSPS) is 17.8. The molecule has 1 fully saturated rings. The topological polar surface area (TPSA) is 58.6 Å². The summed E-state index contributed by atoms with van der Waals surface area (Å²) < 4.78 is 5.79. The number of aryl methyl sites for hydroxylation is 2. The summed E-state index contributed by atoms with van der Waals surface area (Å²) in [5.74, 6) is 0.101. The molecule has 1 atom stereocenters. The second-order valence-corrected chi connectivity index (χ2v) is 5.36. The highest BCUT2D eigenvalue weighted by Gasteiger charge is 2.51. The van der Waals surface area contributed by atoms with Gasteiger partial charge in [0.1, 0.15) is 12.4 Å². The monoisotopic (exact) mass is 263 g/mol. The maximum absolute atomic E-state index is 11.6. The van der Waals surface area contributed by atoms with Gasteiger partial charge in [0.2, 0.25) is 0 Å². The predicted molar refractivity (Wildman–Crippen MR) is 73.6 cm³/mol. The minimum atomic E-state index is -0.962. The molecule has 1 aliphatic carbocycles. The summed E-state index contributed by atoms with van der Waals surface area (Å²) in [6.07, 6.45) is 1.90. The molecule has 0 radical (unpaired) electrons. The molecule has 1 saturated carbocycles. The van der Waals surface area contributed by atoms with E-state index in [1.807, 2.05) is 32.0 Å². The van der Waals surface area contributed by atoms with E-state index in [4.69, 9.17) is 4.74 Å². The van der Waals surface area contributed by atoms with Crippen LogP contribution in [0.5, 0.6) is 5.75 Å². The van der Waals surface area contributed by atoms with Gasteiger partial charge in [-0.15, -0.1) is 0 Å². The maximum Gasteiger partial charge on any atom is 0.327 e. The van der Waals surface area contributed by atoms with Crippen LogP contribution < -0.4 is 10.1 Å². The van der Waals surface area contributed by atoms with Crippen molar-refractivity contribution in [3.05, 3.63) is 29.3 Å². The predicted octanol–water partition coefficient (Wildman–Crippen LogP) is 2.14. The summed E-state index contributed by atoms with van der Waals surface area (Å²) in [6, 6.07) is 5.96. The summed E-state index contributed by atoms with van der Waals surface area (Å²) in [7, 11) is 1.69. The van der Waals surface area contributed by atoms with Crippen LogP contribution >= 0.6 is 0 Å². The number of carboxylic acid groups (broad SMARTS) is 1. The van der Waals surface area contributed by atoms with Crippen molar-refractivity contribution in [1.82, 2.24) is 5.32 Å². The standard InChI is InChI=1S/C15H21NO3/c1-10-4-5-11(2)13(8-10)19-9-15(16-3,14(17)18)12-6-7-12/h4-5,8,12,16H,6-7,9H2,1-3H3,(H,17,18). The van der Waals surface area contributed by atoms with Gasteiger partial charge in [-0.1, -0.05) is 12.1 Å². The molecule has 4 nitrogen and oxygen atoms in total. The number of hydrogen-bond donors (Lipinski definition) is 2. The van der Waals surface area contributed by atoms with Crippen molar-refractivity contribution in [2.24, 2.45) is 5.92 Å². The first-order valence-corrected chi connectivity index (χ1v) is 6.62. The Morgan fingerprint density at radius 2 is 2.16 bits per heavy atom. The molecule has 0 spiro atoms. The minimum Gasteiger partial charge on any atom is -0.491 e. The molecule has 0 aromatic heterocycles. The van der Waals surface area contributed by atoms with Gasteiger partial charge < -0.3 is 15.2 Å². The molecular formula is C15H21NO3. The fourth-order valence-electron chi connectivity index (χ4n) is 2.37. The number of likely N-dealkylation sites (N-methyl/N-ethyl adjacent to an activating group) is 1. The molecule has 0 bridgehead atoms. The number of hydrogen-bond acceptors (Lipinski definition) is 3. The molecule has 1 unspecified atom stereocenters. The lowest BCUT2D eigenvalue weighted by atomic mass is 9.94. The van der Waals surface area contributed by atoms with Gasteiger partial charge in [0.05, 0.1) is 0 Å². The average Bonchev–Trinajstić information content (AvgIpc) is 3.19. The van der Waals surface area contributed by atoms with Crippen molar-refractivity contribution in [3.8, 4) is 5.75 Å². The zero-order valence-corrected chi connectivity index (χ0v) is 11.7. The van der Waals surface area contributed by atoms with E-state index in [0.29, 0.717) is 0 Å². The third-order valence-electron chi connectivity index (χ3n) is 3.90. The Bertz CT molecular complexity index is 482. The zero-order chi connectivity index (χ0) is 14.0. The Hall–Kier alpha value is -1.55. The van der Waals surface area contributed by atoms with E-state index >= 15 is 0 Å². The number of carboxylic acids is 1. The molecule has 0 heterocycles. The Labute approximate surface area is 113 Å². The highest BCUT2D eigenvalue weighted by Crippen LogP contribution is 2.40. The van der Waals surface area contributed by atoms with Crippen LogP contribution in [-0.4, -0.2) is 30.3 Å². The lowest BCUT2D eigenvalue weighted by molar-refractivity contribution is -0.147. The van der Waals surface area contributed by atoms with Gasteiger partial charge in [0.15, 0.2) is 5.54 Å². The molecule has 0 amide bonds. The van der Waals surface area contributed by atoms with E-state index in [-0.39, 0.29) is 12.5 Å². The third-order valence-corrected chi connectivity index (χ3v) is 3.90. The van der Waals surface area contributed by atoms with E-state index in [2.05, 4.69) is 5.32 Å². The van der Waals surface area contributed by atoms with E-state index in [9.17, 15) is 9.90 Å². The molecule has 2 N–H and O–H groups in total. The summed E-state index contributed by atoms with van der Waals surface area (Å²) in [5, 5.41) is 12.5. The van der Waals surface area contributed by atoms with Crippen LogP contribution in [0.15, 0.2) is 18.2 Å². The first kappa shape index (κ1) is 13.9. The molecule has 1 aromatic carbocycles. The van der Waals surface area contributed by atoms with Gasteiger partial charge in [-0.25, -0.2) is 0 Å². The molecule has 19 heavy (non-hydrogen) atoms. The first-order chi connectivity index (χ1) is 8.99. The molecule has 2 rings (SSSR count). The van der Waals surface area contributed by atoms with Crippen LogP contribution in [-0.2, 0) is 4.79 Å². The highest BCUT2D eigenvalue weighted by molar-refractivity contribution is 5.80. The summed E-state index contributed by atoms with van der Waals surface area (Å²) in [5.41, 5.74) is 1.17. The highest BCUT2D eigenvalue weighted by atomic mass is 16.5. The van der Waals surface area contributed by atoms with Crippen LogP contribution in [0.1, 0.15) is 24.0 Å². The quantitative estimate of drug-likeness (QED) is 0.825. The van der Waals surface area contributed by atoms with Crippen LogP contribution in [0.2, 0.25) is 0 Å².